The number of fused-ring (bicyclic) bond motifs is 1. The molecule has 0 radical (unpaired) electrons. The van der Waals surface area contributed by atoms with Gasteiger partial charge in [-0.1, -0.05) is 35.9 Å². The van der Waals surface area contributed by atoms with Gasteiger partial charge in [0, 0.05) is 22.9 Å². The minimum Gasteiger partial charge on any atom is -0.340 e. The molecule has 3 aromatic rings. The normalized spacial score (nSPS) is 13.2. The third kappa shape index (κ3) is 3.41. The molecule has 130 valence electrons. The summed E-state index contributed by atoms with van der Waals surface area (Å²) in [5.41, 5.74) is 4.59. The number of nitrogens with zero attached hydrogens (tertiary/aromatic N) is 2. The van der Waals surface area contributed by atoms with E-state index in [0.29, 0.717) is 16.4 Å². The summed E-state index contributed by atoms with van der Waals surface area (Å²) >= 11 is 5.95. The van der Waals surface area contributed by atoms with Crippen molar-refractivity contribution in [3.05, 3.63) is 83.1 Å². The number of aryl methyl sites for hydroxylation is 1. The molecule has 0 atom stereocenters. The first-order chi connectivity index (χ1) is 12.7. The highest BCUT2D eigenvalue weighted by molar-refractivity contribution is 6.30. The maximum atomic E-state index is 12.4. The van der Waals surface area contributed by atoms with Crippen molar-refractivity contribution in [1.29, 1.82) is 0 Å². The number of aromatic nitrogens is 1. The summed E-state index contributed by atoms with van der Waals surface area (Å²) in [6.45, 7) is 0.951. The van der Waals surface area contributed by atoms with Gasteiger partial charge in [-0.05, 0) is 54.8 Å². The first-order valence-corrected chi connectivity index (χ1v) is 8.97. The monoisotopic (exact) mass is 363 g/mol. The number of pyridine rings is 1. The lowest BCUT2D eigenvalue weighted by atomic mass is 10.0. The average molecular weight is 364 g/mol. The molecule has 1 amide bonds. The molecule has 2 heterocycles. The molecule has 0 saturated heterocycles. The predicted molar refractivity (Wildman–Crippen MR) is 105 cm³/mol. The molecule has 1 aliphatic rings. The Labute approximate surface area is 157 Å². The molecular formula is C21H18ClN3O. The molecular weight excluding hydrogens is 346 g/mol. The van der Waals surface area contributed by atoms with Crippen molar-refractivity contribution in [2.75, 3.05) is 16.8 Å². The van der Waals surface area contributed by atoms with Crippen molar-refractivity contribution in [2.24, 2.45) is 0 Å². The minimum atomic E-state index is -0.252. The molecule has 1 N–H and O–H groups in total. The Morgan fingerprint density at radius 3 is 2.77 bits per heavy atom. The number of amides is 1. The number of para-hydroxylation sites is 1. The van der Waals surface area contributed by atoms with E-state index in [4.69, 9.17) is 11.6 Å². The molecule has 1 aliphatic heterocycles. The summed E-state index contributed by atoms with van der Waals surface area (Å²) in [7, 11) is 0. The van der Waals surface area contributed by atoms with Gasteiger partial charge >= 0.3 is 0 Å². The van der Waals surface area contributed by atoms with Gasteiger partial charge in [0.1, 0.15) is 5.69 Å². The van der Waals surface area contributed by atoms with Gasteiger partial charge in [0.2, 0.25) is 0 Å². The van der Waals surface area contributed by atoms with Crippen molar-refractivity contribution in [2.45, 2.75) is 12.8 Å². The van der Waals surface area contributed by atoms with Crippen LogP contribution in [-0.4, -0.2) is 17.4 Å². The predicted octanol–water partition coefficient (Wildman–Crippen LogP) is 5.07. The highest BCUT2D eigenvalue weighted by Crippen LogP contribution is 2.32. The third-order valence-corrected chi connectivity index (χ3v) is 4.72. The van der Waals surface area contributed by atoms with E-state index in [0.717, 1.165) is 25.1 Å². The fourth-order valence-electron chi connectivity index (χ4n) is 3.24. The van der Waals surface area contributed by atoms with Gasteiger partial charge in [-0.3, -0.25) is 4.79 Å². The van der Waals surface area contributed by atoms with E-state index in [9.17, 15) is 4.79 Å². The van der Waals surface area contributed by atoms with Crippen LogP contribution < -0.4 is 10.2 Å². The second-order valence-electron chi connectivity index (χ2n) is 6.25. The standard InChI is InChI=1S/C21H18ClN3O/c22-16-7-3-8-17(13-16)24-21(26)19-11-10-18(14-23-19)25-12-4-6-15-5-1-2-9-20(15)25/h1-3,5,7-11,13-14H,4,6,12H2,(H,24,26). The van der Waals surface area contributed by atoms with Gasteiger partial charge in [-0.15, -0.1) is 0 Å². The van der Waals surface area contributed by atoms with Gasteiger partial charge in [0.25, 0.3) is 5.91 Å². The Bertz CT molecular complexity index is 940. The lowest BCUT2D eigenvalue weighted by Gasteiger charge is -2.31. The van der Waals surface area contributed by atoms with Crippen LogP contribution in [0.3, 0.4) is 0 Å². The average Bonchev–Trinajstić information content (AvgIpc) is 2.68. The number of halogens is 1. The van der Waals surface area contributed by atoms with Crippen LogP contribution in [0.1, 0.15) is 22.5 Å². The largest absolute Gasteiger partial charge is 0.340 e. The number of carbonyl (C=O) groups is 1. The van der Waals surface area contributed by atoms with Crippen molar-refractivity contribution in [1.82, 2.24) is 4.98 Å². The smallest absolute Gasteiger partial charge is 0.274 e. The Hall–Kier alpha value is -2.85. The summed E-state index contributed by atoms with van der Waals surface area (Å²) in [5, 5.41) is 3.39. The number of hydrogen-bond donors (Lipinski definition) is 1. The van der Waals surface area contributed by atoms with E-state index < -0.39 is 0 Å². The number of carbonyl (C=O) groups excluding carboxylic acids is 1. The van der Waals surface area contributed by atoms with Crippen LogP contribution in [0.5, 0.6) is 0 Å². The number of nitrogens with one attached hydrogen (secondary N) is 1. The quantitative estimate of drug-likeness (QED) is 0.706. The van der Waals surface area contributed by atoms with Crippen LogP contribution in [0.4, 0.5) is 17.1 Å². The van der Waals surface area contributed by atoms with E-state index in [-0.39, 0.29) is 5.91 Å². The van der Waals surface area contributed by atoms with Crippen LogP contribution in [-0.2, 0) is 6.42 Å². The van der Waals surface area contributed by atoms with Crippen molar-refractivity contribution in [3.8, 4) is 0 Å². The van der Waals surface area contributed by atoms with E-state index in [1.807, 2.05) is 6.07 Å². The number of benzene rings is 2. The Morgan fingerprint density at radius 1 is 1.08 bits per heavy atom. The highest BCUT2D eigenvalue weighted by atomic mass is 35.5. The summed E-state index contributed by atoms with van der Waals surface area (Å²) < 4.78 is 0. The van der Waals surface area contributed by atoms with Crippen molar-refractivity contribution < 1.29 is 4.79 Å². The fraction of sp³-hybridized carbons (Fsp3) is 0.143. The lowest BCUT2D eigenvalue weighted by Crippen LogP contribution is -2.24. The topological polar surface area (TPSA) is 45.2 Å². The highest BCUT2D eigenvalue weighted by Gasteiger charge is 2.18. The van der Waals surface area contributed by atoms with E-state index >= 15 is 0 Å². The molecule has 2 aromatic carbocycles. The maximum Gasteiger partial charge on any atom is 0.274 e. The molecule has 0 spiro atoms. The zero-order valence-electron chi connectivity index (χ0n) is 14.2. The first kappa shape index (κ1) is 16.6. The van der Waals surface area contributed by atoms with E-state index in [1.54, 1.807) is 36.5 Å². The molecule has 0 aliphatic carbocycles. The van der Waals surface area contributed by atoms with E-state index in [1.165, 1.54) is 11.3 Å². The number of rotatable bonds is 3. The zero-order chi connectivity index (χ0) is 17.9. The molecule has 26 heavy (non-hydrogen) atoms. The van der Waals surface area contributed by atoms with Crippen molar-refractivity contribution in [3.63, 3.8) is 0 Å². The van der Waals surface area contributed by atoms with Crippen LogP contribution in [0, 0.1) is 0 Å². The second kappa shape index (κ2) is 7.18. The summed E-state index contributed by atoms with van der Waals surface area (Å²) in [4.78, 5) is 19.0. The van der Waals surface area contributed by atoms with Crippen molar-refractivity contribution >= 4 is 34.6 Å². The van der Waals surface area contributed by atoms with Gasteiger partial charge in [0.05, 0.1) is 11.9 Å². The molecule has 1 aromatic heterocycles. The Morgan fingerprint density at radius 2 is 1.96 bits per heavy atom. The maximum absolute atomic E-state index is 12.4. The third-order valence-electron chi connectivity index (χ3n) is 4.48. The molecule has 4 rings (SSSR count). The summed E-state index contributed by atoms with van der Waals surface area (Å²) in [6, 6.07) is 19.2. The molecule has 0 unspecified atom stereocenters. The molecule has 0 saturated carbocycles. The Balaban J connectivity index is 1.53. The summed E-state index contributed by atoms with van der Waals surface area (Å²) in [5.74, 6) is -0.252. The number of anilines is 3. The molecule has 0 fully saturated rings. The first-order valence-electron chi connectivity index (χ1n) is 8.59. The second-order valence-corrected chi connectivity index (χ2v) is 6.69. The molecule has 5 heteroatoms. The Kier molecular flexibility index (Phi) is 4.59. The van der Waals surface area contributed by atoms with Gasteiger partial charge in [-0.25, -0.2) is 4.98 Å². The SMILES string of the molecule is O=C(Nc1cccc(Cl)c1)c1ccc(N2CCCc3ccccc32)cn1. The van der Waals surface area contributed by atoms with Gasteiger partial charge in [-0.2, -0.15) is 0 Å². The zero-order valence-corrected chi connectivity index (χ0v) is 14.9. The van der Waals surface area contributed by atoms with Gasteiger partial charge < -0.3 is 10.2 Å². The molecule has 4 nitrogen and oxygen atoms in total. The van der Waals surface area contributed by atoms with Crippen LogP contribution in [0.25, 0.3) is 0 Å². The summed E-state index contributed by atoms with van der Waals surface area (Å²) in [6.07, 6.45) is 3.96. The van der Waals surface area contributed by atoms with E-state index in [2.05, 4.69) is 39.5 Å². The van der Waals surface area contributed by atoms with Crippen LogP contribution in [0.15, 0.2) is 66.9 Å². The lowest BCUT2D eigenvalue weighted by molar-refractivity contribution is 0.102. The fourth-order valence-corrected chi connectivity index (χ4v) is 3.43. The van der Waals surface area contributed by atoms with Crippen LogP contribution in [0.2, 0.25) is 5.02 Å². The number of hydrogen-bond acceptors (Lipinski definition) is 3. The minimum absolute atomic E-state index is 0.252. The van der Waals surface area contributed by atoms with Gasteiger partial charge in [0.15, 0.2) is 0 Å². The molecule has 0 bridgehead atoms. The van der Waals surface area contributed by atoms with Crippen LogP contribution >= 0.6 is 11.6 Å².